The number of ether oxygens (including phenoxy) is 3. The summed E-state index contributed by atoms with van der Waals surface area (Å²) < 4.78 is 115. The van der Waals surface area contributed by atoms with Gasteiger partial charge >= 0.3 is 22.5 Å². The molecule has 418 valence electrons. The minimum Gasteiger partial charge on any atom is -0.464 e. The number of hydrogen-bond acceptors (Lipinski definition) is 14. The molecule has 2 N–H and O–H groups in total. The summed E-state index contributed by atoms with van der Waals surface area (Å²) in [4.78, 5) is 31.3. The van der Waals surface area contributed by atoms with E-state index < -0.39 is 47.6 Å². The van der Waals surface area contributed by atoms with Crippen LogP contribution in [-0.2, 0) is 65.5 Å². The van der Waals surface area contributed by atoms with Crippen LogP contribution in [-0.4, -0.2) is 123 Å². The van der Waals surface area contributed by atoms with Gasteiger partial charge in [-0.2, -0.15) is 21.4 Å². The third kappa shape index (κ3) is 11.5. The number of esters is 2. The molecule has 5 aliphatic heterocycles. The van der Waals surface area contributed by atoms with Gasteiger partial charge in [-0.1, -0.05) is 80.6 Å². The minimum absolute atomic E-state index is 0.108. The topological polar surface area (TPSA) is 235 Å². The molecule has 5 heterocycles. The predicted octanol–water partition coefficient (Wildman–Crippen LogP) is 9.02. The number of aryl methyl sites for hydroxylation is 1. The van der Waals surface area contributed by atoms with Crippen LogP contribution in [0.2, 0.25) is 0 Å². The summed E-state index contributed by atoms with van der Waals surface area (Å²) in [6, 6.07) is 25.7. The van der Waals surface area contributed by atoms with E-state index in [0.717, 1.165) is 80.5 Å². The van der Waals surface area contributed by atoms with Crippen LogP contribution in [0.4, 0.5) is 11.4 Å². The van der Waals surface area contributed by atoms with Gasteiger partial charge in [-0.15, -0.1) is 12.6 Å². The molecule has 3 unspecified atom stereocenters. The molecule has 0 aliphatic carbocycles. The second-order valence-electron chi connectivity index (χ2n) is 22.0. The Labute approximate surface area is 462 Å². The van der Waals surface area contributed by atoms with E-state index >= 15 is 0 Å². The Hall–Kier alpha value is -6.39. The van der Waals surface area contributed by atoms with E-state index in [1.807, 2.05) is 73.7 Å². The summed E-state index contributed by atoms with van der Waals surface area (Å²) in [6.45, 7) is 13.5. The van der Waals surface area contributed by atoms with E-state index in [9.17, 15) is 35.5 Å². The Morgan fingerprint density at radius 1 is 0.810 bits per heavy atom. The SMILES string of the molecule is CCN1C(=CC=CC=CC2=[N+](CCCCCC(=O)OC[C@@H](C(=O)OC3CC4C5O[C@@H]5[C@H](C3)N4C)c3ccccc3)c3ccc4ccc(S(=O)(=O)O)cc4c3C2(C)C)C(C)(C)c2c1ccc1c(S(=O)(=O)O)cc(C)cc21.O=S(=O)=O. The number of morpholine rings is 1. The molecule has 10 rings (SSSR count). The first-order valence-corrected chi connectivity index (χ1v) is 30.3. The number of unbranched alkanes of at least 4 members (excludes halogenated alkanes) is 2. The van der Waals surface area contributed by atoms with Crippen LogP contribution >= 0.6 is 0 Å². The number of hydrogen-bond donors (Lipinski definition) is 2. The van der Waals surface area contributed by atoms with Crippen molar-refractivity contribution in [1.29, 1.82) is 0 Å². The fourth-order valence-corrected chi connectivity index (χ4v) is 14.0. The quantitative estimate of drug-likeness (QED) is 0.0221. The number of benzene rings is 5. The fourth-order valence-electron chi connectivity index (χ4n) is 12.7. The summed E-state index contributed by atoms with van der Waals surface area (Å²) in [6.07, 6.45) is 14.0. The minimum atomic E-state index is -4.47. The van der Waals surface area contributed by atoms with Crippen LogP contribution in [0.15, 0.2) is 131 Å². The first-order chi connectivity index (χ1) is 37.3. The second kappa shape index (κ2) is 22.3. The van der Waals surface area contributed by atoms with Crippen molar-refractivity contribution in [3.8, 4) is 0 Å². The van der Waals surface area contributed by atoms with E-state index in [-0.39, 0.29) is 65.2 Å². The zero-order valence-corrected chi connectivity index (χ0v) is 47.6. The van der Waals surface area contributed by atoms with Crippen LogP contribution in [0.1, 0.15) is 101 Å². The summed E-state index contributed by atoms with van der Waals surface area (Å²) >= 11 is 0. The van der Waals surface area contributed by atoms with Crippen molar-refractivity contribution in [1.82, 2.24) is 4.90 Å². The molecule has 79 heavy (non-hydrogen) atoms. The summed E-state index contributed by atoms with van der Waals surface area (Å²) in [5, 5.41) is 2.81. The molecule has 20 heteroatoms. The van der Waals surface area contributed by atoms with Crippen LogP contribution in [0, 0.1) is 6.92 Å². The number of anilines is 1. The third-order valence-corrected chi connectivity index (χ3v) is 18.1. The Morgan fingerprint density at radius 2 is 1.49 bits per heavy atom. The number of piperidine rings is 1. The van der Waals surface area contributed by atoms with Crippen molar-refractivity contribution in [2.24, 2.45) is 0 Å². The van der Waals surface area contributed by atoms with Crippen LogP contribution in [0.25, 0.3) is 21.5 Å². The highest BCUT2D eigenvalue weighted by atomic mass is 32.2. The van der Waals surface area contributed by atoms with E-state index in [1.54, 1.807) is 18.2 Å². The van der Waals surface area contributed by atoms with Crippen molar-refractivity contribution < 1.29 is 66.9 Å². The Kier molecular flexibility index (Phi) is 16.2. The molecule has 0 radical (unpaired) electrons. The van der Waals surface area contributed by atoms with Gasteiger partial charge < -0.3 is 19.1 Å². The van der Waals surface area contributed by atoms with Gasteiger partial charge in [0, 0.05) is 84.2 Å². The van der Waals surface area contributed by atoms with Crippen molar-refractivity contribution in [3.63, 3.8) is 0 Å². The number of allylic oxidation sites excluding steroid dienone is 6. The zero-order chi connectivity index (χ0) is 56.9. The van der Waals surface area contributed by atoms with Gasteiger partial charge in [0.2, 0.25) is 5.69 Å². The molecule has 5 aromatic carbocycles. The molecule has 0 spiro atoms. The number of rotatable bonds is 17. The smallest absolute Gasteiger partial charge is 0.425 e. The third-order valence-electron chi connectivity index (χ3n) is 16.3. The van der Waals surface area contributed by atoms with E-state index in [1.165, 1.54) is 12.1 Å². The van der Waals surface area contributed by atoms with E-state index in [0.29, 0.717) is 31.3 Å². The normalized spacial score (nSPS) is 22.7. The van der Waals surface area contributed by atoms with Gasteiger partial charge in [0.15, 0.2) is 5.71 Å². The standard InChI is InChI=1S/C59H65N3O11S2.O3S/c1-8-61-45-28-26-41-43(30-36(2)31-49(41)75(68,69)70)54(45)58(3,4)50(61)20-14-10-15-21-51-59(5,6)53-42-34-40(74(65,66)67)25-23-38(42)24-27-46(53)62(51)29-17-11-16-22-52(63)71-35-44(37-18-12-9-13-19-37)57(64)72-39-32-47-55-56(73-55)48(33-39)60(47)7;1-4(2)3/h9-10,12-15,18-21,23-28,30-31,34,39,44,47-48,55-56H,8,11,16-17,22,29,32-33,35H2,1-7H3,(H-,65,66,67,68,69,70);/p+1/t39?,44-,47+,48?,55-,56?;/m1./s1. The molecule has 5 aromatic rings. The average molecular weight is 1140 g/mol. The molecule has 0 saturated carbocycles. The molecule has 5 aliphatic rings. The van der Waals surface area contributed by atoms with Crippen molar-refractivity contribution >= 4 is 81.4 Å². The first kappa shape index (κ1) is 57.3. The Morgan fingerprint density at radius 3 is 2.15 bits per heavy atom. The number of epoxide rings is 1. The highest BCUT2D eigenvalue weighted by Gasteiger charge is 2.63. The van der Waals surface area contributed by atoms with Gasteiger partial charge in [-0.05, 0) is 117 Å². The van der Waals surface area contributed by atoms with Crippen molar-refractivity contribution in [3.05, 3.63) is 143 Å². The van der Waals surface area contributed by atoms with Crippen LogP contribution < -0.4 is 4.90 Å². The number of carbonyl (C=O) groups excluding carboxylic acids is 2. The number of nitrogens with zero attached hydrogens (tertiary/aromatic N) is 3. The van der Waals surface area contributed by atoms with Gasteiger partial charge in [0.25, 0.3) is 20.2 Å². The molecular weight excluding hydrogens is 1070 g/mol. The molecule has 2 bridgehead atoms. The lowest BCUT2D eigenvalue weighted by Crippen LogP contribution is -2.48. The molecular formula is C59H66N3O14S3+. The number of fused-ring (bicyclic) bond motifs is 11. The molecule has 0 amide bonds. The summed E-state index contributed by atoms with van der Waals surface area (Å²) in [7, 11) is -9.94. The molecule has 6 atom stereocenters. The highest BCUT2D eigenvalue weighted by molar-refractivity contribution is 7.86. The van der Waals surface area contributed by atoms with Crippen molar-refractivity contribution in [2.45, 2.75) is 137 Å². The maximum absolute atomic E-state index is 13.7. The predicted molar refractivity (Wildman–Crippen MR) is 299 cm³/mol. The lowest BCUT2D eigenvalue weighted by atomic mass is 9.79. The lowest BCUT2D eigenvalue weighted by molar-refractivity contribution is -0.438. The van der Waals surface area contributed by atoms with Crippen LogP contribution in [0.5, 0.6) is 0 Å². The van der Waals surface area contributed by atoms with Gasteiger partial charge in [0.05, 0.1) is 10.3 Å². The first-order valence-electron chi connectivity index (χ1n) is 26.5. The van der Waals surface area contributed by atoms with Crippen LogP contribution in [0.3, 0.4) is 0 Å². The zero-order valence-electron chi connectivity index (χ0n) is 45.2. The maximum Gasteiger partial charge on any atom is 0.425 e. The highest BCUT2D eigenvalue weighted by Crippen LogP contribution is 2.52. The number of likely N-dealkylation sites (N-methyl/N-ethyl adjacent to an activating group) is 2. The van der Waals surface area contributed by atoms with Gasteiger partial charge in [0.1, 0.15) is 42.3 Å². The maximum atomic E-state index is 13.7. The summed E-state index contributed by atoms with van der Waals surface area (Å²) in [5.41, 5.74) is 6.16. The largest absolute Gasteiger partial charge is 0.464 e. The van der Waals surface area contributed by atoms with Crippen molar-refractivity contribution in [2.75, 3.05) is 31.6 Å². The monoisotopic (exact) mass is 1140 g/mol. The van der Waals surface area contributed by atoms with E-state index in [4.69, 9.17) is 26.8 Å². The number of carbonyl (C=O) groups is 2. The average Bonchev–Trinajstić information content (AvgIpc) is 4.23. The second-order valence-corrected chi connectivity index (χ2v) is 25.2. The Balaban J connectivity index is 0.00000183. The lowest BCUT2D eigenvalue weighted by Gasteiger charge is -2.38. The fraction of sp³-hybridized carbons (Fsp3) is 0.407. The molecule has 0 aromatic heterocycles. The molecule has 3 fully saturated rings. The molecule has 3 saturated heterocycles. The summed E-state index contributed by atoms with van der Waals surface area (Å²) in [5.74, 6) is -1.52. The van der Waals surface area contributed by atoms with Gasteiger partial charge in [-0.25, -0.2) is 0 Å². The van der Waals surface area contributed by atoms with Gasteiger partial charge in [-0.3, -0.25) is 23.6 Å². The molecule has 17 nitrogen and oxygen atoms in total. The Bertz CT molecular complexity index is 3720. The van der Waals surface area contributed by atoms with E-state index in [2.05, 4.69) is 74.3 Å².